The van der Waals surface area contributed by atoms with Gasteiger partial charge in [-0.3, -0.25) is 4.79 Å². The first kappa shape index (κ1) is 13.9. The lowest BCUT2D eigenvalue weighted by Crippen LogP contribution is -2.30. The highest BCUT2D eigenvalue weighted by molar-refractivity contribution is 5.73. The quantitative estimate of drug-likeness (QED) is 0.877. The van der Waals surface area contributed by atoms with Crippen molar-refractivity contribution in [2.24, 2.45) is 5.41 Å². The summed E-state index contributed by atoms with van der Waals surface area (Å²) in [6.45, 7) is 3.40. The largest absolute Gasteiger partial charge is 0.492 e. The molecule has 0 saturated heterocycles. The van der Waals surface area contributed by atoms with Gasteiger partial charge in [-0.1, -0.05) is 6.07 Å². The van der Waals surface area contributed by atoms with Gasteiger partial charge in [0.05, 0.1) is 11.5 Å². The molecule has 1 aliphatic rings. The van der Waals surface area contributed by atoms with Crippen LogP contribution in [-0.2, 0) is 11.2 Å². The third kappa shape index (κ3) is 3.07. The smallest absolute Gasteiger partial charge is 0.312 e. The van der Waals surface area contributed by atoms with E-state index in [9.17, 15) is 9.90 Å². The molecule has 104 valence electrons. The maximum absolute atomic E-state index is 11.0. The minimum absolute atomic E-state index is 0.129. The Morgan fingerprint density at radius 2 is 2.21 bits per heavy atom. The van der Waals surface area contributed by atoms with Crippen LogP contribution >= 0.6 is 0 Å². The fraction of sp³-hybridized carbons (Fsp3) is 0.533. The Balaban J connectivity index is 2.09. The number of carbonyl (C=O) groups is 1. The second kappa shape index (κ2) is 5.21. The predicted octanol–water partition coefficient (Wildman–Crippen LogP) is 2.55. The molecule has 1 unspecified atom stereocenters. The van der Waals surface area contributed by atoms with Gasteiger partial charge in [0.25, 0.3) is 0 Å². The van der Waals surface area contributed by atoms with Gasteiger partial charge in [0.1, 0.15) is 12.4 Å². The van der Waals surface area contributed by atoms with Crippen LogP contribution in [0.1, 0.15) is 43.9 Å². The Kier molecular flexibility index (Phi) is 3.80. The highest BCUT2D eigenvalue weighted by Crippen LogP contribution is 2.32. The van der Waals surface area contributed by atoms with Crippen molar-refractivity contribution in [2.75, 3.05) is 6.61 Å². The van der Waals surface area contributed by atoms with Crippen LogP contribution in [0.5, 0.6) is 5.75 Å². The van der Waals surface area contributed by atoms with Crippen molar-refractivity contribution < 1.29 is 19.7 Å². The predicted molar refractivity (Wildman–Crippen MR) is 71.3 cm³/mol. The van der Waals surface area contributed by atoms with Crippen molar-refractivity contribution in [1.82, 2.24) is 0 Å². The molecule has 1 atom stereocenters. The first-order chi connectivity index (χ1) is 8.90. The number of aliphatic hydroxyl groups is 1. The SMILES string of the molecule is CC(C)(COc1ccc2c(c1)CCCC2O)C(=O)O. The number of rotatable bonds is 4. The van der Waals surface area contributed by atoms with E-state index < -0.39 is 11.4 Å². The number of aliphatic carboxylic acids is 1. The van der Waals surface area contributed by atoms with E-state index in [2.05, 4.69) is 0 Å². The standard InChI is InChI=1S/C15H20O4/c1-15(2,14(17)18)9-19-11-6-7-12-10(8-11)4-3-5-13(12)16/h6-8,13,16H,3-5,9H2,1-2H3,(H,17,18). The number of carboxylic acids is 1. The molecule has 2 N–H and O–H groups in total. The number of aryl methyl sites for hydroxylation is 1. The van der Waals surface area contributed by atoms with E-state index in [1.54, 1.807) is 19.9 Å². The van der Waals surface area contributed by atoms with E-state index >= 15 is 0 Å². The topological polar surface area (TPSA) is 66.8 Å². The zero-order valence-corrected chi connectivity index (χ0v) is 11.3. The van der Waals surface area contributed by atoms with Crippen LogP contribution in [0.25, 0.3) is 0 Å². The van der Waals surface area contributed by atoms with Gasteiger partial charge in [-0.15, -0.1) is 0 Å². The third-order valence-corrected chi connectivity index (χ3v) is 3.58. The van der Waals surface area contributed by atoms with Gasteiger partial charge in [-0.25, -0.2) is 0 Å². The Morgan fingerprint density at radius 1 is 1.47 bits per heavy atom. The molecule has 0 amide bonds. The number of aliphatic hydroxyl groups excluding tert-OH is 1. The minimum Gasteiger partial charge on any atom is -0.492 e. The Labute approximate surface area is 113 Å². The lowest BCUT2D eigenvalue weighted by Gasteiger charge is -2.23. The summed E-state index contributed by atoms with van der Waals surface area (Å²) < 4.78 is 5.57. The number of hydrogen-bond donors (Lipinski definition) is 2. The summed E-state index contributed by atoms with van der Waals surface area (Å²) in [4.78, 5) is 11.0. The summed E-state index contributed by atoms with van der Waals surface area (Å²) in [6, 6.07) is 5.59. The van der Waals surface area contributed by atoms with Gasteiger partial charge in [-0.2, -0.15) is 0 Å². The minimum atomic E-state index is -0.907. The lowest BCUT2D eigenvalue weighted by atomic mass is 9.89. The molecule has 1 aromatic rings. The van der Waals surface area contributed by atoms with Gasteiger partial charge in [-0.05, 0) is 56.4 Å². The van der Waals surface area contributed by atoms with E-state index in [1.807, 2.05) is 12.1 Å². The van der Waals surface area contributed by atoms with Gasteiger partial charge in [0, 0.05) is 0 Å². The average molecular weight is 264 g/mol. The summed E-state index contributed by atoms with van der Waals surface area (Å²) in [5, 5.41) is 18.9. The summed E-state index contributed by atoms with van der Waals surface area (Å²) in [5.41, 5.74) is 1.16. The number of ether oxygens (including phenoxy) is 1. The normalized spacial score (nSPS) is 18.8. The molecule has 4 nitrogen and oxygen atoms in total. The molecule has 19 heavy (non-hydrogen) atoms. The molecule has 0 aliphatic heterocycles. The maximum Gasteiger partial charge on any atom is 0.312 e. The summed E-state index contributed by atoms with van der Waals surface area (Å²) in [5.74, 6) is -0.206. The molecule has 0 aromatic heterocycles. The molecule has 2 rings (SSSR count). The van der Waals surface area contributed by atoms with E-state index in [0.717, 1.165) is 30.4 Å². The average Bonchev–Trinajstić information content (AvgIpc) is 2.36. The molecular weight excluding hydrogens is 244 g/mol. The van der Waals surface area contributed by atoms with E-state index in [-0.39, 0.29) is 12.7 Å². The van der Waals surface area contributed by atoms with E-state index in [1.165, 1.54) is 0 Å². The highest BCUT2D eigenvalue weighted by atomic mass is 16.5. The number of carboxylic acid groups (broad SMARTS) is 1. The third-order valence-electron chi connectivity index (χ3n) is 3.58. The van der Waals surface area contributed by atoms with Crippen LogP contribution in [0.2, 0.25) is 0 Å². The Morgan fingerprint density at radius 3 is 2.89 bits per heavy atom. The van der Waals surface area contributed by atoms with Crippen LogP contribution in [0, 0.1) is 5.41 Å². The monoisotopic (exact) mass is 264 g/mol. The first-order valence-corrected chi connectivity index (χ1v) is 6.57. The van der Waals surface area contributed by atoms with Crippen molar-refractivity contribution in [2.45, 2.75) is 39.2 Å². The van der Waals surface area contributed by atoms with Gasteiger partial charge >= 0.3 is 5.97 Å². The van der Waals surface area contributed by atoms with Gasteiger partial charge < -0.3 is 14.9 Å². The second-order valence-electron chi connectivity index (χ2n) is 5.75. The fourth-order valence-electron chi connectivity index (χ4n) is 2.18. The molecule has 4 heteroatoms. The number of hydrogen-bond acceptors (Lipinski definition) is 3. The van der Waals surface area contributed by atoms with Crippen LogP contribution in [0.3, 0.4) is 0 Å². The first-order valence-electron chi connectivity index (χ1n) is 6.57. The zero-order valence-electron chi connectivity index (χ0n) is 11.3. The molecule has 1 aromatic carbocycles. The molecule has 0 radical (unpaired) electrons. The molecule has 0 fully saturated rings. The van der Waals surface area contributed by atoms with Crippen molar-refractivity contribution in [3.05, 3.63) is 29.3 Å². The van der Waals surface area contributed by atoms with Crippen molar-refractivity contribution >= 4 is 5.97 Å². The fourth-order valence-corrected chi connectivity index (χ4v) is 2.18. The van der Waals surface area contributed by atoms with Crippen molar-refractivity contribution in [1.29, 1.82) is 0 Å². The van der Waals surface area contributed by atoms with E-state index in [0.29, 0.717) is 5.75 Å². The van der Waals surface area contributed by atoms with Gasteiger partial charge in [0.15, 0.2) is 0 Å². The van der Waals surface area contributed by atoms with Crippen molar-refractivity contribution in [3.63, 3.8) is 0 Å². The summed E-state index contributed by atoms with van der Waals surface area (Å²) >= 11 is 0. The Hall–Kier alpha value is -1.55. The van der Waals surface area contributed by atoms with E-state index in [4.69, 9.17) is 9.84 Å². The zero-order chi connectivity index (χ0) is 14.0. The maximum atomic E-state index is 11.0. The molecule has 0 saturated carbocycles. The highest BCUT2D eigenvalue weighted by Gasteiger charge is 2.28. The lowest BCUT2D eigenvalue weighted by molar-refractivity contribution is -0.148. The molecule has 0 heterocycles. The molecule has 1 aliphatic carbocycles. The summed E-state index contributed by atoms with van der Waals surface area (Å²) in [7, 11) is 0. The Bertz CT molecular complexity index is 479. The molecule has 0 bridgehead atoms. The molecule has 0 spiro atoms. The van der Waals surface area contributed by atoms with Crippen LogP contribution in [-0.4, -0.2) is 22.8 Å². The van der Waals surface area contributed by atoms with Crippen LogP contribution in [0.4, 0.5) is 0 Å². The van der Waals surface area contributed by atoms with Crippen LogP contribution < -0.4 is 4.74 Å². The second-order valence-corrected chi connectivity index (χ2v) is 5.75. The molecular formula is C15H20O4. The van der Waals surface area contributed by atoms with Gasteiger partial charge in [0.2, 0.25) is 0 Å². The number of fused-ring (bicyclic) bond motifs is 1. The number of benzene rings is 1. The van der Waals surface area contributed by atoms with Crippen molar-refractivity contribution in [3.8, 4) is 5.75 Å². The van der Waals surface area contributed by atoms with Crippen LogP contribution in [0.15, 0.2) is 18.2 Å². The summed E-state index contributed by atoms with van der Waals surface area (Å²) in [6.07, 6.45) is 2.33.